The van der Waals surface area contributed by atoms with Crippen molar-refractivity contribution in [3.8, 4) is 0 Å². The van der Waals surface area contributed by atoms with Crippen molar-refractivity contribution >= 4 is 17.2 Å². The van der Waals surface area contributed by atoms with E-state index in [1.54, 1.807) is 16.2 Å². The Morgan fingerprint density at radius 3 is 2.94 bits per heavy atom. The molecule has 0 radical (unpaired) electrons. The summed E-state index contributed by atoms with van der Waals surface area (Å²) in [5.74, 6) is 0.0633. The lowest BCUT2D eigenvalue weighted by molar-refractivity contribution is -0.142. The predicted octanol–water partition coefficient (Wildman–Crippen LogP) is 1.63. The third-order valence-electron chi connectivity index (χ3n) is 3.86. The van der Waals surface area contributed by atoms with E-state index in [1.165, 1.54) is 4.88 Å². The normalized spacial score (nSPS) is 29.2. The number of carbonyl (C=O) groups is 1. The van der Waals surface area contributed by atoms with E-state index >= 15 is 0 Å². The van der Waals surface area contributed by atoms with Gasteiger partial charge in [-0.2, -0.15) is 0 Å². The van der Waals surface area contributed by atoms with Gasteiger partial charge in [-0.15, -0.1) is 11.3 Å². The predicted molar refractivity (Wildman–Crippen MR) is 72.4 cm³/mol. The minimum atomic E-state index is -0.597. The first kappa shape index (κ1) is 13.5. The molecule has 0 saturated carbocycles. The van der Waals surface area contributed by atoms with Crippen LogP contribution in [0.4, 0.5) is 0 Å². The van der Waals surface area contributed by atoms with Gasteiger partial charge in [0.25, 0.3) is 0 Å². The van der Waals surface area contributed by atoms with Gasteiger partial charge in [-0.05, 0) is 25.3 Å². The second kappa shape index (κ2) is 4.99. The van der Waals surface area contributed by atoms with Crippen LogP contribution in [0.25, 0.3) is 0 Å². The Bertz CT molecular complexity index is 421. The first-order chi connectivity index (χ1) is 8.47. The summed E-state index contributed by atoms with van der Waals surface area (Å²) in [5, 5.41) is 2.02. The van der Waals surface area contributed by atoms with Crippen molar-refractivity contribution in [3.63, 3.8) is 0 Å². The van der Waals surface area contributed by atoms with Crippen molar-refractivity contribution in [2.24, 2.45) is 11.1 Å². The summed E-state index contributed by atoms with van der Waals surface area (Å²) < 4.78 is 5.34. The second-order valence-corrected chi connectivity index (χ2v) is 6.13. The van der Waals surface area contributed by atoms with Crippen LogP contribution in [0.5, 0.6) is 0 Å². The molecule has 1 amide bonds. The Morgan fingerprint density at radius 1 is 1.72 bits per heavy atom. The largest absolute Gasteiger partial charge is 0.379 e. The maximum Gasteiger partial charge on any atom is 0.232 e. The first-order valence-corrected chi connectivity index (χ1v) is 6.99. The average molecular weight is 268 g/mol. The van der Waals surface area contributed by atoms with Crippen molar-refractivity contribution in [2.45, 2.75) is 25.9 Å². The molecule has 0 aromatic carbocycles. The van der Waals surface area contributed by atoms with Gasteiger partial charge in [0.1, 0.15) is 0 Å². The molecule has 5 heteroatoms. The highest BCUT2D eigenvalue weighted by Crippen LogP contribution is 2.33. The summed E-state index contributed by atoms with van der Waals surface area (Å²) in [5.41, 5.74) is 5.40. The molecule has 4 nitrogen and oxygen atoms in total. The molecule has 2 rings (SSSR count). The van der Waals surface area contributed by atoms with Crippen LogP contribution in [-0.2, 0) is 9.53 Å². The number of amides is 1. The number of carbonyl (C=O) groups excluding carboxylic acids is 1. The lowest BCUT2D eigenvalue weighted by Crippen LogP contribution is -2.50. The van der Waals surface area contributed by atoms with E-state index in [0.29, 0.717) is 13.2 Å². The molecule has 3 atom stereocenters. The van der Waals surface area contributed by atoms with Crippen LogP contribution < -0.4 is 5.73 Å². The molecule has 1 fully saturated rings. The summed E-state index contributed by atoms with van der Waals surface area (Å²) in [6, 6.07) is 3.90. The fourth-order valence-electron chi connectivity index (χ4n) is 2.21. The van der Waals surface area contributed by atoms with Crippen molar-refractivity contribution in [3.05, 3.63) is 22.4 Å². The Morgan fingerprint density at radius 2 is 2.44 bits per heavy atom. The minimum Gasteiger partial charge on any atom is -0.379 e. The lowest BCUT2D eigenvalue weighted by atomic mass is 9.84. The van der Waals surface area contributed by atoms with Crippen LogP contribution >= 0.6 is 11.3 Å². The second-order valence-electron chi connectivity index (χ2n) is 5.15. The van der Waals surface area contributed by atoms with Gasteiger partial charge in [0.2, 0.25) is 5.91 Å². The van der Waals surface area contributed by atoms with Crippen LogP contribution in [0.1, 0.15) is 24.8 Å². The van der Waals surface area contributed by atoms with Gasteiger partial charge >= 0.3 is 0 Å². The number of ether oxygens (including phenoxy) is 1. The number of nitrogens with zero attached hydrogens (tertiary/aromatic N) is 1. The SMILES string of the molecule is CC(c1cccs1)N(C)C(=O)C1(C)COCC1N. The zero-order valence-corrected chi connectivity index (χ0v) is 11.9. The minimum absolute atomic E-state index is 0.0633. The molecule has 1 aromatic rings. The Kier molecular flexibility index (Phi) is 3.75. The molecule has 18 heavy (non-hydrogen) atoms. The molecule has 1 saturated heterocycles. The number of hydrogen-bond acceptors (Lipinski definition) is 4. The van der Waals surface area contributed by atoms with Crippen LogP contribution in [0.3, 0.4) is 0 Å². The van der Waals surface area contributed by atoms with Gasteiger partial charge in [0.15, 0.2) is 0 Å². The Hall–Kier alpha value is -0.910. The van der Waals surface area contributed by atoms with E-state index in [9.17, 15) is 4.79 Å². The van der Waals surface area contributed by atoms with Crippen molar-refractivity contribution in [1.82, 2.24) is 4.90 Å². The number of hydrogen-bond donors (Lipinski definition) is 1. The molecule has 1 aliphatic rings. The van der Waals surface area contributed by atoms with E-state index in [2.05, 4.69) is 0 Å². The highest BCUT2D eigenvalue weighted by atomic mass is 32.1. The van der Waals surface area contributed by atoms with Crippen LogP contribution in [-0.4, -0.2) is 37.1 Å². The molecule has 1 aromatic heterocycles. The molecule has 2 heterocycles. The topological polar surface area (TPSA) is 55.6 Å². The number of nitrogens with two attached hydrogens (primary N) is 1. The van der Waals surface area contributed by atoms with Gasteiger partial charge in [0, 0.05) is 18.0 Å². The van der Waals surface area contributed by atoms with Gasteiger partial charge in [-0.25, -0.2) is 0 Å². The molecular formula is C13H20N2O2S. The van der Waals surface area contributed by atoms with E-state index in [1.807, 2.05) is 38.4 Å². The summed E-state index contributed by atoms with van der Waals surface area (Å²) in [6.07, 6.45) is 0. The molecule has 3 unspecified atom stereocenters. The summed E-state index contributed by atoms with van der Waals surface area (Å²) in [6.45, 7) is 4.80. The quantitative estimate of drug-likeness (QED) is 0.906. The van der Waals surface area contributed by atoms with E-state index in [0.717, 1.165) is 0 Å². The zero-order chi connectivity index (χ0) is 13.3. The Balaban J connectivity index is 2.14. The average Bonchev–Trinajstić information content (AvgIpc) is 2.98. The highest BCUT2D eigenvalue weighted by Gasteiger charge is 2.46. The van der Waals surface area contributed by atoms with Gasteiger partial charge in [-0.1, -0.05) is 6.07 Å². The summed E-state index contributed by atoms with van der Waals surface area (Å²) >= 11 is 1.66. The van der Waals surface area contributed by atoms with Crippen molar-refractivity contribution in [2.75, 3.05) is 20.3 Å². The van der Waals surface area contributed by atoms with Crippen LogP contribution in [0, 0.1) is 5.41 Å². The van der Waals surface area contributed by atoms with E-state index < -0.39 is 5.41 Å². The smallest absolute Gasteiger partial charge is 0.232 e. The molecule has 1 aliphatic heterocycles. The van der Waals surface area contributed by atoms with Crippen LogP contribution in [0.15, 0.2) is 17.5 Å². The zero-order valence-electron chi connectivity index (χ0n) is 11.1. The molecule has 2 N–H and O–H groups in total. The highest BCUT2D eigenvalue weighted by molar-refractivity contribution is 7.10. The van der Waals surface area contributed by atoms with Crippen molar-refractivity contribution < 1.29 is 9.53 Å². The monoisotopic (exact) mass is 268 g/mol. The third-order valence-corrected chi connectivity index (χ3v) is 4.91. The molecule has 0 bridgehead atoms. The lowest BCUT2D eigenvalue weighted by Gasteiger charge is -2.34. The first-order valence-electron chi connectivity index (χ1n) is 6.11. The molecule has 0 spiro atoms. The fraction of sp³-hybridized carbons (Fsp3) is 0.615. The van der Waals surface area contributed by atoms with Gasteiger partial charge in [-0.3, -0.25) is 4.79 Å². The number of thiophene rings is 1. The van der Waals surface area contributed by atoms with E-state index in [4.69, 9.17) is 10.5 Å². The van der Waals surface area contributed by atoms with Crippen molar-refractivity contribution in [1.29, 1.82) is 0 Å². The van der Waals surface area contributed by atoms with Gasteiger partial charge in [0.05, 0.1) is 24.7 Å². The van der Waals surface area contributed by atoms with E-state index in [-0.39, 0.29) is 18.0 Å². The molecule has 100 valence electrons. The Labute approximate surface area is 112 Å². The summed E-state index contributed by atoms with van der Waals surface area (Å²) in [4.78, 5) is 15.5. The fourth-order valence-corrected chi connectivity index (χ4v) is 3.03. The standard InChI is InChI=1S/C13H20N2O2S/c1-9(10-5-4-6-18-10)15(3)12(16)13(2)8-17-7-11(13)14/h4-6,9,11H,7-8,14H2,1-3H3. The number of rotatable bonds is 3. The maximum atomic E-state index is 12.6. The van der Waals surface area contributed by atoms with Crippen LogP contribution in [0.2, 0.25) is 0 Å². The third kappa shape index (κ3) is 2.18. The molecular weight excluding hydrogens is 248 g/mol. The maximum absolute atomic E-state index is 12.6. The summed E-state index contributed by atoms with van der Waals surface area (Å²) in [7, 11) is 1.84. The van der Waals surface area contributed by atoms with Gasteiger partial charge < -0.3 is 15.4 Å². The molecule has 0 aliphatic carbocycles.